The minimum absolute atomic E-state index is 0.592. The van der Waals surface area contributed by atoms with Crippen LogP contribution in [-0.2, 0) is 4.74 Å². The summed E-state index contributed by atoms with van der Waals surface area (Å²) in [5.41, 5.74) is 7.78. The Balaban J connectivity index is 2.36. The van der Waals surface area contributed by atoms with Crippen LogP contribution in [0.3, 0.4) is 0 Å². The van der Waals surface area contributed by atoms with Crippen molar-refractivity contribution >= 4 is 11.4 Å². The Kier molecular flexibility index (Phi) is 5.62. The summed E-state index contributed by atoms with van der Waals surface area (Å²) < 4.78 is 5.35. The van der Waals surface area contributed by atoms with Crippen LogP contribution < -0.4 is 11.1 Å². The molecule has 0 amide bonds. The number of hydrogen-bond donors (Lipinski definition) is 2. The van der Waals surface area contributed by atoms with Gasteiger partial charge in [0.15, 0.2) is 0 Å². The second-order valence-corrected chi connectivity index (χ2v) is 3.53. The monoisotopic (exact) mass is 231 g/mol. The number of nitrogens with one attached hydrogen (secondary N) is 1. The molecule has 3 N–H and O–H groups in total. The van der Waals surface area contributed by atoms with Gasteiger partial charge >= 0.3 is 0 Å². The van der Waals surface area contributed by atoms with Gasteiger partial charge in [0.2, 0.25) is 0 Å². The molecular weight excluding hydrogens is 214 g/mol. The normalized spacial score (nSPS) is 9.59. The third kappa shape index (κ3) is 4.58. The number of ether oxygens (including phenoxy) is 1. The summed E-state index contributed by atoms with van der Waals surface area (Å²) in [5, 5.41) is 11.9. The van der Waals surface area contributed by atoms with Crippen molar-refractivity contribution in [1.29, 1.82) is 5.26 Å². The fraction of sp³-hybridized carbons (Fsp3) is 0.308. The Hall–Kier alpha value is -1.99. The molecule has 0 bridgehead atoms. The van der Waals surface area contributed by atoms with Gasteiger partial charge in [-0.3, -0.25) is 0 Å². The van der Waals surface area contributed by atoms with Crippen molar-refractivity contribution in [3.63, 3.8) is 0 Å². The molecule has 0 atom stereocenters. The van der Waals surface area contributed by atoms with Gasteiger partial charge in [0.05, 0.1) is 36.2 Å². The maximum absolute atomic E-state index is 8.77. The SMILES string of the molecule is C=CCCOCCNc1cc(C#N)ccc1N. The second kappa shape index (κ2) is 7.31. The number of nitrogens with zero attached hydrogens (tertiary/aromatic N) is 1. The third-order valence-electron chi connectivity index (χ3n) is 2.21. The van der Waals surface area contributed by atoms with Crippen LogP contribution in [0.5, 0.6) is 0 Å². The standard InChI is InChI=1S/C13H17N3O/c1-2-3-7-17-8-6-16-13-9-11(10-14)4-5-12(13)15/h2,4-5,9,16H,1,3,6-8,15H2. The molecule has 0 aliphatic carbocycles. The first-order valence-electron chi connectivity index (χ1n) is 5.50. The van der Waals surface area contributed by atoms with Crippen LogP contribution in [0.4, 0.5) is 11.4 Å². The molecule has 0 aliphatic heterocycles. The summed E-state index contributed by atoms with van der Waals surface area (Å²) in [6.07, 6.45) is 2.67. The van der Waals surface area contributed by atoms with E-state index >= 15 is 0 Å². The minimum atomic E-state index is 0.592. The quantitative estimate of drug-likeness (QED) is 0.428. The molecule has 1 aromatic rings. The molecule has 0 heterocycles. The highest BCUT2D eigenvalue weighted by atomic mass is 16.5. The molecule has 0 radical (unpaired) electrons. The van der Waals surface area contributed by atoms with Gasteiger partial charge in [-0.15, -0.1) is 6.58 Å². The molecule has 90 valence electrons. The smallest absolute Gasteiger partial charge is 0.0992 e. The maximum Gasteiger partial charge on any atom is 0.0992 e. The molecule has 0 saturated carbocycles. The predicted octanol–water partition coefficient (Wildman–Crippen LogP) is 2.15. The second-order valence-electron chi connectivity index (χ2n) is 3.53. The van der Waals surface area contributed by atoms with Crippen LogP contribution in [0, 0.1) is 11.3 Å². The first kappa shape index (κ1) is 13.1. The fourth-order valence-corrected chi connectivity index (χ4v) is 1.31. The molecule has 0 fully saturated rings. The van der Waals surface area contributed by atoms with Crippen LogP contribution in [-0.4, -0.2) is 19.8 Å². The van der Waals surface area contributed by atoms with Crippen molar-refractivity contribution in [2.24, 2.45) is 0 Å². The highest BCUT2D eigenvalue weighted by Crippen LogP contribution is 2.19. The molecule has 0 unspecified atom stereocenters. The highest BCUT2D eigenvalue weighted by molar-refractivity contribution is 5.68. The zero-order valence-corrected chi connectivity index (χ0v) is 9.78. The average molecular weight is 231 g/mol. The van der Waals surface area contributed by atoms with Crippen molar-refractivity contribution < 1.29 is 4.74 Å². The van der Waals surface area contributed by atoms with E-state index in [-0.39, 0.29) is 0 Å². The van der Waals surface area contributed by atoms with E-state index in [1.165, 1.54) is 0 Å². The van der Waals surface area contributed by atoms with Gasteiger partial charge in [-0.2, -0.15) is 5.26 Å². The Labute approximate surface area is 102 Å². The van der Waals surface area contributed by atoms with Crippen molar-refractivity contribution in [2.45, 2.75) is 6.42 Å². The molecule has 1 aromatic carbocycles. The van der Waals surface area contributed by atoms with Crippen molar-refractivity contribution in [3.8, 4) is 6.07 Å². The van der Waals surface area contributed by atoms with E-state index < -0.39 is 0 Å². The van der Waals surface area contributed by atoms with Crippen LogP contribution in [0.15, 0.2) is 30.9 Å². The van der Waals surface area contributed by atoms with Gasteiger partial charge in [-0.1, -0.05) is 6.08 Å². The molecular formula is C13H17N3O. The molecule has 17 heavy (non-hydrogen) atoms. The number of nitriles is 1. The molecule has 0 spiro atoms. The minimum Gasteiger partial charge on any atom is -0.397 e. The van der Waals surface area contributed by atoms with Gasteiger partial charge in [0.25, 0.3) is 0 Å². The number of anilines is 2. The largest absolute Gasteiger partial charge is 0.397 e. The third-order valence-corrected chi connectivity index (χ3v) is 2.21. The number of hydrogen-bond acceptors (Lipinski definition) is 4. The van der Waals surface area contributed by atoms with E-state index in [4.69, 9.17) is 15.7 Å². The van der Waals surface area contributed by atoms with E-state index in [0.29, 0.717) is 31.0 Å². The lowest BCUT2D eigenvalue weighted by Gasteiger charge is -2.09. The Morgan fingerprint density at radius 3 is 3.00 bits per heavy atom. The molecule has 0 aliphatic rings. The number of nitrogens with two attached hydrogens (primary N) is 1. The lowest BCUT2D eigenvalue weighted by Crippen LogP contribution is -2.11. The summed E-state index contributed by atoms with van der Waals surface area (Å²) in [5.74, 6) is 0. The Morgan fingerprint density at radius 1 is 1.47 bits per heavy atom. The molecule has 4 heteroatoms. The van der Waals surface area contributed by atoms with Crippen LogP contribution in [0.2, 0.25) is 0 Å². The predicted molar refractivity (Wildman–Crippen MR) is 69.7 cm³/mol. The Morgan fingerprint density at radius 2 is 2.29 bits per heavy atom. The summed E-state index contributed by atoms with van der Waals surface area (Å²) in [7, 11) is 0. The van der Waals surface area contributed by atoms with Crippen molar-refractivity contribution in [2.75, 3.05) is 30.8 Å². The van der Waals surface area contributed by atoms with E-state index in [0.717, 1.165) is 12.1 Å². The number of benzene rings is 1. The van der Waals surface area contributed by atoms with Crippen LogP contribution >= 0.6 is 0 Å². The van der Waals surface area contributed by atoms with Gasteiger partial charge in [-0.05, 0) is 24.6 Å². The number of nitrogen functional groups attached to an aromatic ring is 1. The zero-order valence-electron chi connectivity index (χ0n) is 9.78. The van der Waals surface area contributed by atoms with Crippen molar-refractivity contribution in [3.05, 3.63) is 36.4 Å². The van der Waals surface area contributed by atoms with Crippen molar-refractivity contribution in [1.82, 2.24) is 0 Å². The molecule has 0 aromatic heterocycles. The summed E-state index contributed by atoms with van der Waals surface area (Å²) in [4.78, 5) is 0. The lowest BCUT2D eigenvalue weighted by atomic mass is 10.2. The number of rotatable bonds is 7. The summed E-state index contributed by atoms with van der Waals surface area (Å²) >= 11 is 0. The van der Waals surface area contributed by atoms with Gasteiger partial charge in [-0.25, -0.2) is 0 Å². The lowest BCUT2D eigenvalue weighted by molar-refractivity contribution is 0.149. The van der Waals surface area contributed by atoms with Gasteiger partial charge < -0.3 is 15.8 Å². The topological polar surface area (TPSA) is 71.1 Å². The molecule has 1 rings (SSSR count). The molecule has 0 saturated heterocycles. The van der Waals surface area contributed by atoms with Crippen LogP contribution in [0.25, 0.3) is 0 Å². The molecule has 4 nitrogen and oxygen atoms in total. The van der Waals surface area contributed by atoms with Gasteiger partial charge in [0.1, 0.15) is 0 Å². The van der Waals surface area contributed by atoms with E-state index in [1.54, 1.807) is 18.2 Å². The van der Waals surface area contributed by atoms with E-state index in [1.807, 2.05) is 6.08 Å². The average Bonchev–Trinajstić information content (AvgIpc) is 2.35. The highest BCUT2D eigenvalue weighted by Gasteiger charge is 1.99. The first-order chi connectivity index (χ1) is 8.27. The fourth-order valence-electron chi connectivity index (χ4n) is 1.31. The Bertz CT molecular complexity index is 410. The van der Waals surface area contributed by atoms with E-state index in [2.05, 4.69) is 18.0 Å². The van der Waals surface area contributed by atoms with Gasteiger partial charge in [0, 0.05) is 6.54 Å². The van der Waals surface area contributed by atoms with Crippen LogP contribution in [0.1, 0.15) is 12.0 Å². The summed E-state index contributed by atoms with van der Waals surface area (Å²) in [6.45, 7) is 5.56. The summed E-state index contributed by atoms with van der Waals surface area (Å²) in [6, 6.07) is 7.23. The maximum atomic E-state index is 8.77. The zero-order chi connectivity index (χ0) is 12.5. The van der Waals surface area contributed by atoms with E-state index in [9.17, 15) is 0 Å². The first-order valence-corrected chi connectivity index (χ1v) is 5.50.